The van der Waals surface area contributed by atoms with E-state index in [9.17, 15) is 21.6 Å². The van der Waals surface area contributed by atoms with Gasteiger partial charge in [0.05, 0.1) is 16.8 Å². The van der Waals surface area contributed by atoms with Crippen LogP contribution in [0.25, 0.3) is 0 Å². The van der Waals surface area contributed by atoms with E-state index >= 15 is 0 Å². The minimum Gasteiger partial charge on any atom is -0.285 e. The number of rotatable bonds is 4. The maximum atomic E-state index is 12.6. The summed E-state index contributed by atoms with van der Waals surface area (Å²) in [7, 11) is -4.17. The number of halogens is 4. The average molecular weight is 340 g/mol. The summed E-state index contributed by atoms with van der Waals surface area (Å²) in [6.07, 6.45) is -1.81. The summed E-state index contributed by atoms with van der Waals surface area (Å²) in [6.45, 7) is -0.120. The van der Waals surface area contributed by atoms with Gasteiger partial charge in [-0.3, -0.25) is 5.10 Å². The number of nitrogens with zero attached hydrogens (tertiary/aromatic N) is 1. The number of hydrogen-bond acceptors (Lipinski definition) is 3. The molecule has 10 heteroatoms. The maximum Gasteiger partial charge on any atom is 0.416 e. The van der Waals surface area contributed by atoms with E-state index in [1.54, 1.807) is 0 Å². The Labute approximate surface area is 123 Å². The van der Waals surface area contributed by atoms with Gasteiger partial charge in [0.1, 0.15) is 4.90 Å². The predicted octanol–water partition coefficient (Wildman–Crippen LogP) is 2.56. The molecule has 0 saturated carbocycles. The monoisotopic (exact) mass is 339 g/mol. The third-order valence-corrected chi connectivity index (χ3v) is 4.45. The first-order valence-corrected chi connectivity index (χ1v) is 7.40. The Morgan fingerprint density at radius 2 is 2.05 bits per heavy atom. The van der Waals surface area contributed by atoms with E-state index in [0.29, 0.717) is 11.6 Å². The zero-order valence-electron chi connectivity index (χ0n) is 10.3. The number of nitrogens with one attached hydrogen (secondary N) is 2. The van der Waals surface area contributed by atoms with Crippen molar-refractivity contribution in [3.05, 3.63) is 46.7 Å². The van der Waals surface area contributed by atoms with Crippen LogP contribution in [0.15, 0.2) is 35.5 Å². The first-order valence-electron chi connectivity index (χ1n) is 5.54. The van der Waals surface area contributed by atoms with E-state index in [1.807, 2.05) is 0 Å². The molecule has 5 nitrogen and oxygen atoms in total. The normalized spacial score (nSPS) is 12.6. The number of alkyl halides is 3. The molecule has 2 N–H and O–H groups in total. The minimum atomic E-state index is -4.65. The van der Waals surface area contributed by atoms with Crippen LogP contribution in [-0.2, 0) is 22.7 Å². The van der Waals surface area contributed by atoms with Crippen molar-refractivity contribution < 1.29 is 21.6 Å². The molecule has 2 aromatic rings. The van der Waals surface area contributed by atoms with Crippen LogP contribution in [0, 0.1) is 0 Å². The topological polar surface area (TPSA) is 74.8 Å². The van der Waals surface area contributed by atoms with Gasteiger partial charge in [0.25, 0.3) is 0 Å². The molecule has 114 valence electrons. The lowest BCUT2D eigenvalue weighted by molar-refractivity contribution is -0.137. The Balaban J connectivity index is 2.31. The van der Waals surface area contributed by atoms with Crippen LogP contribution in [0.5, 0.6) is 0 Å². The van der Waals surface area contributed by atoms with E-state index in [-0.39, 0.29) is 11.6 Å². The largest absolute Gasteiger partial charge is 0.416 e. The second kappa shape index (κ2) is 5.66. The third-order valence-electron chi connectivity index (χ3n) is 2.57. The Bertz CT molecular complexity index is 730. The summed E-state index contributed by atoms with van der Waals surface area (Å²) < 4.78 is 64.1. The van der Waals surface area contributed by atoms with Gasteiger partial charge in [0.15, 0.2) is 0 Å². The van der Waals surface area contributed by atoms with Crippen molar-refractivity contribution in [2.75, 3.05) is 0 Å². The first-order chi connectivity index (χ1) is 9.70. The van der Waals surface area contributed by atoms with Gasteiger partial charge in [-0.15, -0.1) is 0 Å². The van der Waals surface area contributed by atoms with Gasteiger partial charge in [0, 0.05) is 18.3 Å². The fourth-order valence-electron chi connectivity index (χ4n) is 1.52. The highest BCUT2D eigenvalue weighted by molar-refractivity contribution is 7.89. The van der Waals surface area contributed by atoms with Crippen LogP contribution in [0.4, 0.5) is 13.2 Å². The fourth-order valence-corrected chi connectivity index (χ4v) is 3.06. The summed E-state index contributed by atoms with van der Waals surface area (Å²) >= 11 is 5.69. The van der Waals surface area contributed by atoms with Crippen molar-refractivity contribution >= 4 is 21.6 Å². The molecule has 0 atom stereocenters. The number of aromatic nitrogens is 2. The summed E-state index contributed by atoms with van der Waals surface area (Å²) in [5.74, 6) is 0. The Morgan fingerprint density at radius 3 is 2.62 bits per heavy atom. The summed E-state index contributed by atoms with van der Waals surface area (Å²) in [5, 5.41) is 5.82. The van der Waals surface area contributed by atoms with Crippen molar-refractivity contribution in [1.29, 1.82) is 0 Å². The van der Waals surface area contributed by atoms with E-state index in [1.165, 1.54) is 12.4 Å². The molecule has 1 heterocycles. The lowest BCUT2D eigenvalue weighted by Crippen LogP contribution is -2.24. The van der Waals surface area contributed by atoms with Crippen molar-refractivity contribution in [2.45, 2.75) is 17.6 Å². The quantitative estimate of drug-likeness (QED) is 0.899. The zero-order chi connectivity index (χ0) is 15.7. The molecule has 1 aromatic heterocycles. The Kier molecular flexibility index (Phi) is 4.26. The van der Waals surface area contributed by atoms with Gasteiger partial charge < -0.3 is 0 Å². The molecular formula is C11H9ClF3N3O2S. The van der Waals surface area contributed by atoms with Crippen LogP contribution >= 0.6 is 11.6 Å². The number of aromatic amines is 1. The number of benzene rings is 1. The van der Waals surface area contributed by atoms with Gasteiger partial charge in [-0.25, -0.2) is 13.1 Å². The van der Waals surface area contributed by atoms with Crippen molar-refractivity contribution in [3.8, 4) is 0 Å². The molecule has 1 aromatic carbocycles. The number of sulfonamides is 1. The Hall–Kier alpha value is -1.58. The molecule has 0 bridgehead atoms. The van der Waals surface area contributed by atoms with E-state index in [4.69, 9.17) is 11.6 Å². The molecule has 0 radical (unpaired) electrons. The number of H-pyrrole nitrogens is 1. The minimum absolute atomic E-state index is 0.120. The third kappa shape index (κ3) is 3.74. The zero-order valence-corrected chi connectivity index (χ0v) is 11.9. The molecule has 0 saturated heterocycles. The molecule has 0 aliphatic rings. The summed E-state index contributed by atoms with van der Waals surface area (Å²) in [6, 6.07) is 2.12. The molecular weight excluding hydrogens is 331 g/mol. The second-order valence-electron chi connectivity index (χ2n) is 4.07. The molecule has 0 unspecified atom stereocenters. The summed E-state index contributed by atoms with van der Waals surface area (Å²) in [4.78, 5) is -0.623. The van der Waals surface area contributed by atoms with Gasteiger partial charge in [-0.2, -0.15) is 18.3 Å². The molecule has 0 aliphatic heterocycles. The second-order valence-corrected chi connectivity index (χ2v) is 6.22. The SMILES string of the molecule is O=S(=O)(NCc1cn[nH]c1)c1cc(C(F)(F)F)ccc1Cl. The van der Waals surface area contributed by atoms with Gasteiger partial charge >= 0.3 is 6.18 Å². The van der Waals surface area contributed by atoms with Gasteiger partial charge in [-0.1, -0.05) is 11.6 Å². The number of hydrogen-bond donors (Lipinski definition) is 2. The lowest BCUT2D eigenvalue weighted by atomic mass is 10.2. The van der Waals surface area contributed by atoms with E-state index < -0.39 is 26.7 Å². The standard InChI is InChI=1S/C11H9ClF3N3O2S/c12-9-2-1-8(11(13,14)15)3-10(9)21(19,20)18-6-7-4-16-17-5-7/h1-5,18H,6H2,(H,16,17). The summed E-state index contributed by atoms with van der Waals surface area (Å²) in [5.41, 5.74) is -0.558. The predicted molar refractivity (Wildman–Crippen MR) is 69.1 cm³/mol. The van der Waals surface area contributed by atoms with Crippen LogP contribution in [0.3, 0.4) is 0 Å². The highest BCUT2D eigenvalue weighted by Gasteiger charge is 2.32. The van der Waals surface area contributed by atoms with Crippen LogP contribution < -0.4 is 4.72 Å². The van der Waals surface area contributed by atoms with Crippen molar-refractivity contribution in [3.63, 3.8) is 0 Å². The molecule has 0 amide bonds. The van der Waals surface area contributed by atoms with Gasteiger partial charge in [-0.05, 0) is 18.2 Å². The lowest BCUT2D eigenvalue weighted by Gasteiger charge is -2.11. The van der Waals surface area contributed by atoms with Crippen LogP contribution in [0.2, 0.25) is 5.02 Å². The Morgan fingerprint density at radius 1 is 1.33 bits per heavy atom. The van der Waals surface area contributed by atoms with Crippen molar-refractivity contribution in [1.82, 2.24) is 14.9 Å². The smallest absolute Gasteiger partial charge is 0.285 e. The molecule has 2 rings (SSSR count). The first kappa shape index (κ1) is 15.8. The van der Waals surface area contributed by atoms with Gasteiger partial charge in [0.2, 0.25) is 10.0 Å². The van der Waals surface area contributed by atoms with Crippen LogP contribution in [-0.4, -0.2) is 18.6 Å². The average Bonchev–Trinajstić information content (AvgIpc) is 2.88. The van der Waals surface area contributed by atoms with Crippen molar-refractivity contribution in [2.24, 2.45) is 0 Å². The molecule has 21 heavy (non-hydrogen) atoms. The van der Waals surface area contributed by atoms with E-state index in [0.717, 1.165) is 12.1 Å². The fraction of sp³-hybridized carbons (Fsp3) is 0.182. The van der Waals surface area contributed by atoms with Crippen LogP contribution in [0.1, 0.15) is 11.1 Å². The molecule has 0 aliphatic carbocycles. The highest BCUT2D eigenvalue weighted by Crippen LogP contribution is 2.33. The highest BCUT2D eigenvalue weighted by atomic mass is 35.5. The molecule has 0 fully saturated rings. The van der Waals surface area contributed by atoms with E-state index in [2.05, 4.69) is 14.9 Å². The molecule has 0 spiro atoms. The maximum absolute atomic E-state index is 12.6.